The maximum atomic E-state index is 13.8. The van der Waals surface area contributed by atoms with Gasteiger partial charge in [0.1, 0.15) is 6.61 Å². The summed E-state index contributed by atoms with van der Waals surface area (Å²) in [4.78, 5) is 18.0. The number of halogens is 3. The van der Waals surface area contributed by atoms with Gasteiger partial charge in [0.15, 0.2) is 16.7 Å². The Hall–Kier alpha value is -1.96. The number of nitrogens with zero attached hydrogens (tertiary/aromatic N) is 2. The Kier molecular flexibility index (Phi) is 5.90. The Morgan fingerprint density at radius 3 is 2.85 bits per heavy atom. The van der Waals surface area contributed by atoms with Crippen molar-refractivity contribution < 1.29 is 13.9 Å². The lowest BCUT2D eigenvalue weighted by Gasteiger charge is -2.18. The highest BCUT2D eigenvalue weighted by atomic mass is 79.9. The number of anilines is 2. The number of carbonyl (C=O) groups is 1. The number of hydrogen-bond acceptors (Lipinski definition) is 4. The van der Waals surface area contributed by atoms with Crippen LogP contribution in [0.5, 0.6) is 5.75 Å². The molecule has 134 valence electrons. The Morgan fingerprint density at radius 2 is 2.15 bits per heavy atom. The van der Waals surface area contributed by atoms with Crippen molar-refractivity contribution in [3.05, 3.63) is 68.9 Å². The van der Waals surface area contributed by atoms with Crippen molar-refractivity contribution in [2.24, 2.45) is 0 Å². The van der Waals surface area contributed by atoms with Crippen molar-refractivity contribution in [1.29, 1.82) is 0 Å². The largest absolute Gasteiger partial charge is 0.484 e. The Labute approximate surface area is 167 Å². The molecule has 0 bridgehead atoms. The van der Waals surface area contributed by atoms with E-state index in [4.69, 9.17) is 16.3 Å². The van der Waals surface area contributed by atoms with E-state index in [-0.39, 0.29) is 18.3 Å². The van der Waals surface area contributed by atoms with Crippen LogP contribution in [0.25, 0.3) is 0 Å². The normalized spacial score (nSPS) is 10.6. The first kappa shape index (κ1) is 18.8. The minimum Gasteiger partial charge on any atom is -0.484 e. The Balaban J connectivity index is 1.78. The van der Waals surface area contributed by atoms with Gasteiger partial charge in [-0.25, -0.2) is 9.37 Å². The average molecular weight is 456 g/mol. The smallest absolute Gasteiger partial charge is 0.230 e. The summed E-state index contributed by atoms with van der Waals surface area (Å²) in [5.41, 5.74) is 1.23. The van der Waals surface area contributed by atoms with Crippen LogP contribution in [0.1, 0.15) is 12.6 Å². The van der Waals surface area contributed by atoms with Gasteiger partial charge in [0.2, 0.25) is 5.91 Å². The predicted octanol–water partition coefficient (Wildman–Crippen LogP) is 5.96. The molecule has 0 N–H and O–H groups in total. The number of thiazole rings is 1. The van der Waals surface area contributed by atoms with Gasteiger partial charge >= 0.3 is 0 Å². The summed E-state index contributed by atoms with van der Waals surface area (Å²) in [7, 11) is 0. The second kappa shape index (κ2) is 8.16. The topological polar surface area (TPSA) is 42.4 Å². The fourth-order valence-electron chi connectivity index (χ4n) is 2.25. The second-order valence-corrected chi connectivity index (χ2v) is 7.51. The van der Waals surface area contributed by atoms with Crippen molar-refractivity contribution >= 4 is 55.6 Å². The van der Waals surface area contributed by atoms with Gasteiger partial charge in [-0.2, -0.15) is 0 Å². The SMILES string of the molecule is CC(=O)N(c1cccc(Cl)c1)c1nc(COc2ccc(Br)cc2F)cs1. The monoisotopic (exact) mass is 454 g/mol. The molecular formula is C18H13BrClFN2O2S. The fourth-order valence-corrected chi connectivity index (χ4v) is 3.64. The summed E-state index contributed by atoms with van der Waals surface area (Å²) in [5.74, 6) is -0.506. The van der Waals surface area contributed by atoms with Crippen LogP contribution in [0.2, 0.25) is 5.02 Å². The van der Waals surface area contributed by atoms with Gasteiger partial charge in [0.05, 0.1) is 11.4 Å². The number of benzene rings is 2. The molecule has 0 saturated carbocycles. The lowest BCUT2D eigenvalue weighted by molar-refractivity contribution is -0.115. The van der Waals surface area contributed by atoms with Gasteiger partial charge in [-0.1, -0.05) is 33.6 Å². The molecule has 0 radical (unpaired) electrons. The lowest BCUT2D eigenvalue weighted by atomic mass is 10.3. The molecule has 1 aromatic heterocycles. The third-order valence-corrected chi connectivity index (χ3v) is 4.98. The van der Waals surface area contributed by atoms with E-state index in [2.05, 4.69) is 20.9 Å². The van der Waals surface area contributed by atoms with Gasteiger partial charge in [0, 0.05) is 21.8 Å². The van der Waals surface area contributed by atoms with Crippen molar-refractivity contribution in [2.45, 2.75) is 13.5 Å². The van der Waals surface area contributed by atoms with Gasteiger partial charge in [-0.3, -0.25) is 9.69 Å². The average Bonchev–Trinajstić information content (AvgIpc) is 3.02. The highest BCUT2D eigenvalue weighted by molar-refractivity contribution is 9.10. The molecule has 1 heterocycles. The first-order valence-electron chi connectivity index (χ1n) is 7.52. The number of aromatic nitrogens is 1. The molecule has 0 aliphatic carbocycles. The van der Waals surface area contributed by atoms with Gasteiger partial charge < -0.3 is 4.74 Å². The standard InChI is InChI=1S/C18H13BrClFN2O2S/c1-11(24)23(15-4-2-3-13(20)8-15)18-22-14(10-26-18)9-25-17-6-5-12(19)7-16(17)21/h2-8,10H,9H2,1H3. The van der Waals surface area contributed by atoms with Crippen LogP contribution in [-0.4, -0.2) is 10.9 Å². The zero-order chi connectivity index (χ0) is 18.7. The summed E-state index contributed by atoms with van der Waals surface area (Å²) in [6, 6.07) is 11.5. The number of ether oxygens (including phenoxy) is 1. The van der Waals surface area contributed by atoms with E-state index in [1.165, 1.54) is 29.2 Å². The quantitative estimate of drug-likeness (QED) is 0.476. The molecular weight excluding hydrogens is 443 g/mol. The van der Waals surface area contributed by atoms with Crippen LogP contribution in [0.3, 0.4) is 0 Å². The third-order valence-electron chi connectivity index (χ3n) is 3.38. The second-order valence-electron chi connectivity index (χ2n) is 5.32. The zero-order valence-corrected chi connectivity index (χ0v) is 16.7. The van der Waals surface area contributed by atoms with Crippen LogP contribution in [0.4, 0.5) is 15.2 Å². The van der Waals surface area contributed by atoms with E-state index in [1.807, 2.05) is 0 Å². The minimum atomic E-state index is -0.459. The molecule has 0 aliphatic rings. The van der Waals surface area contributed by atoms with Crippen LogP contribution in [0.15, 0.2) is 52.3 Å². The Bertz CT molecular complexity index is 950. The van der Waals surface area contributed by atoms with Crippen molar-refractivity contribution in [1.82, 2.24) is 4.98 Å². The molecule has 0 aliphatic heterocycles. The highest BCUT2D eigenvalue weighted by Crippen LogP contribution is 2.31. The molecule has 0 atom stereocenters. The maximum Gasteiger partial charge on any atom is 0.230 e. The third kappa shape index (κ3) is 4.41. The lowest BCUT2D eigenvalue weighted by Crippen LogP contribution is -2.22. The maximum absolute atomic E-state index is 13.8. The van der Waals surface area contributed by atoms with Gasteiger partial charge in [-0.15, -0.1) is 11.3 Å². The summed E-state index contributed by atoms with van der Waals surface area (Å²) in [6.45, 7) is 1.55. The predicted molar refractivity (Wildman–Crippen MR) is 105 cm³/mol. The van der Waals surface area contributed by atoms with Crippen LogP contribution in [-0.2, 0) is 11.4 Å². The summed E-state index contributed by atoms with van der Waals surface area (Å²) >= 11 is 10.5. The highest BCUT2D eigenvalue weighted by Gasteiger charge is 2.18. The van der Waals surface area contributed by atoms with E-state index in [1.54, 1.807) is 41.8 Å². The number of rotatable bonds is 5. The van der Waals surface area contributed by atoms with Crippen molar-refractivity contribution in [3.8, 4) is 5.75 Å². The van der Waals surface area contributed by atoms with E-state index in [9.17, 15) is 9.18 Å². The summed E-state index contributed by atoms with van der Waals surface area (Å²) in [6.07, 6.45) is 0. The van der Waals surface area contributed by atoms with Gasteiger partial charge in [-0.05, 0) is 36.4 Å². The van der Waals surface area contributed by atoms with E-state index < -0.39 is 5.82 Å². The van der Waals surface area contributed by atoms with E-state index >= 15 is 0 Å². The molecule has 0 fully saturated rings. The van der Waals surface area contributed by atoms with Crippen LogP contribution in [0, 0.1) is 5.82 Å². The summed E-state index contributed by atoms with van der Waals surface area (Å²) < 4.78 is 19.9. The molecule has 1 amide bonds. The molecule has 3 rings (SSSR count). The van der Waals surface area contributed by atoms with Crippen molar-refractivity contribution in [2.75, 3.05) is 4.90 Å². The molecule has 4 nitrogen and oxygen atoms in total. The van der Waals surface area contributed by atoms with Crippen molar-refractivity contribution in [3.63, 3.8) is 0 Å². The van der Waals surface area contributed by atoms with Crippen LogP contribution >= 0.6 is 38.9 Å². The molecule has 0 spiro atoms. The van der Waals surface area contributed by atoms with Crippen LogP contribution < -0.4 is 9.64 Å². The Morgan fingerprint density at radius 1 is 1.35 bits per heavy atom. The number of carbonyl (C=O) groups excluding carboxylic acids is 1. The summed E-state index contributed by atoms with van der Waals surface area (Å²) in [5, 5.41) is 2.79. The molecule has 26 heavy (non-hydrogen) atoms. The number of hydrogen-bond donors (Lipinski definition) is 0. The van der Waals surface area contributed by atoms with E-state index in [0.29, 0.717) is 26.0 Å². The molecule has 0 unspecified atom stereocenters. The molecule has 2 aromatic carbocycles. The van der Waals surface area contributed by atoms with Gasteiger partial charge in [0.25, 0.3) is 0 Å². The zero-order valence-electron chi connectivity index (χ0n) is 13.6. The molecule has 0 saturated heterocycles. The first-order valence-corrected chi connectivity index (χ1v) is 9.57. The minimum absolute atomic E-state index is 0.0936. The van der Waals surface area contributed by atoms with E-state index in [0.717, 1.165) is 0 Å². The number of amides is 1. The first-order chi connectivity index (χ1) is 12.4. The fraction of sp³-hybridized carbons (Fsp3) is 0.111. The molecule has 3 aromatic rings. The molecule has 8 heteroatoms.